The van der Waals surface area contributed by atoms with E-state index in [4.69, 9.17) is 24.5 Å². The van der Waals surface area contributed by atoms with E-state index in [2.05, 4.69) is 9.97 Å². The quantitative estimate of drug-likeness (QED) is 0.278. The average Bonchev–Trinajstić information content (AvgIpc) is 3.14. The molecule has 0 aromatic carbocycles. The van der Waals surface area contributed by atoms with Gasteiger partial charge in [0.25, 0.3) is 0 Å². The maximum Gasteiger partial charge on any atom is 0.695 e. The Morgan fingerprint density at radius 1 is 1.41 bits per heavy atom. The summed E-state index contributed by atoms with van der Waals surface area (Å²) < 4.78 is 36.4. The van der Waals surface area contributed by atoms with E-state index in [1.807, 2.05) is 0 Å². The largest absolute Gasteiger partial charge is 0.695 e. The molecule has 5 atom stereocenters. The van der Waals surface area contributed by atoms with Crippen LogP contribution in [-0.4, -0.2) is 69.8 Å². The molecule has 13 heteroatoms. The number of nitrogens with two attached hydrogens (primary N) is 1. The van der Waals surface area contributed by atoms with Gasteiger partial charge in [0.2, 0.25) is 11.7 Å². The van der Waals surface area contributed by atoms with E-state index < -0.39 is 39.4 Å². The molecule has 3 rings (SSSR count). The fourth-order valence-electron chi connectivity index (χ4n) is 3.15. The summed E-state index contributed by atoms with van der Waals surface area (Å²) in [5.74, 6) is 0.293. The second-order valence-corrected chi connectivity index (χ2v) is 6.63. The molecule has 27 heavy (non-hydrogen) atoms. The lowest BCUT2D eigenvalue weighted by molar-refractivity contribution is -0.746. The molecule has 2 aromatic rings. The summed E-state index contributed by atoms with van der Waals surface area (Å²) in [7, 11) is 0.378. The summed E-state index contributed by atoms with van der Waals surface area (Å²) >= 11 is 0. The normalized spacial score (nSPS) is 26.0. The lowest BCUT2D eigenvalue weighted by atomic mass is 10.1. The van der Waals surface area contributed by atoms with Crippen molar-refractivity contribution in [3.8, 4) is 0 Å². The van der Waals surface area contributed by atoms with E-state index in [0.29, 0.717) is 23.6 Å². The first-order chi connectivity index (χ1) is 13.0. The number of aromatic nitrogens is 4. The average molecular weight is 403 g/mol. The molecule has 12 nitrogen and oxygen atoms in total. The van der Waals surface area contributed by atoms with Gasteiger partial charge >= 0.3 is 13.9 Å². The van der Waals surface area contributed by atoms with Crippen LogP contribution in [0.4, 0.5) is 5.82 Å². The third kappa shape index (κ3) is 3.92. The minimum atomic E-state index is -2.92. The summed E-state index contributed by atoms with van der Waals surface area (Å²) in [5, 5.41) is 9.64. The van der Waals surface area contributed by atoms with E-state index in [1.54, 1.807) is 22.5 Å². The monoisotopic (exact) mass is 403 g/mol. The number of anilines is 1. The zero-order chi connectivity index (χ0) is 19.6. The number of fused-ring (bicyclic) bond motifs is 1. The third-order valence-electron chi connectivity index (χ3n) is 4.28. The van der Waals surface area contributed by atoms with Crippen molar-refractivity contribution in [2.45, 2.75) is 24.5 Å². The highest BCUT2D eigenvalue weighted by Crippen LogP contribution is 2.36. The molecule has 3 heterocycles. The van der Waals surface area contributed by atoms with Crippen LogP contribution in [0.1, 0.15) is 6.23 Å². The van der Waals surface area contributed by atoms with Crippen molar-refractivity contribution in [2.75, 3.05) is 32.7 Å². The molecule has 0 saturated carbocycles. The Kier molecular flexibility index (Phi) is 6.27. The van der Waals surface area contributed by atoms with E-state index in [9.17, 15) is 14.6 Å². The van der Waals surface area contributed by atoms with Gasteiger partial charge in [-0.3, -0.25) is 4.57 Å². The molecule has 1 aliphatic heterocycles. The molecule has 0 bridgehead atoms. The molecule has 148 valence electrons. The van der Waals surface area contributed by atoms with E-state index in [-0.39, 0.29) is 6.61 Å². The highest BCUT2D eigenvalue weighted by molar-refractivity contribution is 7.32. The van der Waals surface area contributed by atoms with Gasteiger partial charge in [-0.05, 0) is 0 Å². The molecule has 1 aliphatic rings. The standard InChI is InChI=1S/C14H21N5O7P/c1-18-7-19(13-9(18)12(15)16-6-17-13)14-11(24-4-3-23-2)10(26-27(21)22)8(5-20)25-14/h6-8,10-11,14,20H,3-5H2,1-2H3,(H2-,15,16,17,21,22)/q+1/p+1. The van der Waals surface area contributed by atoms with Crippen molar-refractivity contribution in [1.82, 2.24) is 14.5 Å². The van der Waals surface area contributed by atoms with Crippen LogP contribution in [-0.2, 0) is 30.3 Å². The summed E-state index contributed by atoms with van der Waals surface area (Å²) in [4.78, 5) is 17.4. The van der Waals surface area contributed by atoms with Crippen molar-refractivity contribution >= 4 is 25.2 Å². The highest BCUT2D eigenvalue weighted by atomic mass is 31.1. The van der Waals surface area contributed by atoms with Crippen LogP contribution < -0.4 is 10.3 Å². The van der Waals surface area contributed by atoms with Crippen molar-refractivity contribution in [1.29, 1.82) is 0 Å². The number of hydrogen-bond donors (Lipinski definition) is 3. The van der Waals surface area contributed by atoms with Crippen molar-refractivity contribution < 1.29 is 37.9 Å². The first-order valence-electron chi connectivity index (χ1n) is 8.14. The number of hydrogen-bond acceptors (Lipinski definition) is 9. The minimum absolute atomic E-state index is 0.198. The molecule has 0 spiro atoms. The number of methoxy groups -OCH3 is 1. The van der Waals surface area contributed by atoms with Crippen LogP contribution in [0.3, 0.4) is 0 Å². The number of nitrogens with zero attached hydrogens (tertiary/aromatic N) is 4. The molecule has 1 fully saturated rings. The molecule has 0 radical (unpaired) electrons. The molecule has 0 amide bonds. The number of aliphatic hydroxyl groups is 1. The zero-order valence-corrected chi connectivity index (χ0v) is 15.7. The molecular formula is C14H22N5O7P+2. The molecular weight excluding hydrogens is 381 g/mol. The SMILES string of the molecule is COCCOC1C(O[P+](=O)O)C(CO)OC1[n+]1cn(C)c2c(N)ncnc21. The van der Waals surface area contributed by atoms with Crippen LogP contribution in [0.5, 0.6) is 0 Å². The predicted octanol–water partition coefficient (Wildman–Crippen LogP) is -1.21. The maximum atomic E-state index is 11.3. The summed E-state index contributed by atoms with van der Waals surface area (Å²) in [6, 6.07) is 0. The van der Waals surface area contributed by atoms with Gasteiger partial charge in [0.1, 0.15) is 6.10 Å². The Bertz CT molecular complexity index is 818. The number of aliphatic hydroxyl groups excluding tert-OH is 1. The Balaban J connectivity index is 2.01. The smallest absolute Gasteiger partial charge is 0.394 e. The summed E-state index contributed by atoms with van der Waals surface area (Å²) in [6.07, 6.45) is -0.385. The van der Waals surface area contributed by atoms with Crippen LogP contribution >= 0.6 is 8.25 Å². The second kappa shape index (κ2) is 8.48. The van der Waals surface area contributed by atoms with Gasteiger partial charge in [-0.15, -0.1) is 9.42 Å². The summed E-state index contributed by atoms with van der Waals surface area (Å²) in [5.41, 5.74) is 7.02. The van der Waals surface area contributed by atoms with Crippen LogP contribution in [0.2, 0.25) is 0 Å². The Morgan fingerprint density at radius 2 is 2.19 bits per heavy atom. The highest BCUT2D eigenvalue weighted by Gasteiger charge is 2.53. The number of rotatable bonds is 8. The maximum absolute atomic E-state index is 11.3. The lowest BCUT2D eigenvalue weighted by Crippen LogP contribution is -2.47. The van der Waals surface area contributed by atoms with Gasteiger partial charge in [-0.25, -0.2) is 4.57 Å². The molecule has 4 N–H and O–H groups in total. The van der Waals surface area contributed by atoms with Gasteiger partial charge in [0, 0.05) is 11.7 Å². The fraction of sp³-hybridized carbons (Fsp3) is 0.643. The number of ether oxygens (including phenoxy) is 3. The Labute approximate surface area is 155 Å². The first kappa shape index (κ1) is 20.0. The number of nitrogen functional groups attached to an aromatic ring is 1. The van der Waals surface area contributed by atoms with Gasteiger partial charge in [-0.2, -0.15) is 4.98 Å². The molecule has 1 saturated heterocycles. The molecule has 0 aliphatic carbocycles. The van der Waals surface area contributed by atoms with Crippen molar-refractivity contribution in [3.63, 3.8) is 0 Å². The predicted molar refractivity (Wildman–Crippen MR) is 90.4 cm³/mol. The third-order valence-corrected chi connectivity index (χ3v) is 4.70. The van der Waals surface area contributed by atoms with Crippen molar-refractivity contribution in [3.05, 3.63) is 12.7 Å². The second-order valence-electron chi connectivity index (χ2n) is 5.95. The number of aryl methyl sites for hydroxylation is 1. The Morgan fingerprint density at radius 3 is 2.85 bits per heavy atom. The van der Waals surface area contributed by atoms with Gasteiger partial charge in [0.15, 0.2) is 30.7 Å². The van der Waals surface area contributed by atoms with E-state index in [1.165, 1.54) is 13.4 Å². The van der Waals surface area contributed by atoms with Crippen molar-refractivity contribution in [2.24, 2.45) is 7.05 Å². The van der Waals surface area contributed by atoms with E-state index >= 15 is 0 Å². The molecule has 5 unspecified atom stereocenters. The van der Waals surface area contributed by atoms with Gasteiger partial charge in [-0.1, -0.05) is 4.98 Å². The Hall–Kier alpha value is -1.79. The topological polar surface area (TPSA) is 155 Å². The molecule has 2 aromatic heterocycles. The first-order valence-corrected chi connectivity index (χ1v) is 9.27. The summed E-state index contributed by atoms with van der Waals surface area (Å²) in [6.45, 7) is 0.0843. The lowest BCUT2D eigenvalue weighted by Gasteiger charge is -2.19. The minimum Gasteiger partial charge on any atom is -0.394 e. The van der Waals surface area contributed by atoms with Crippen LogP contribution in [0.15, 0.2) is 12.7 Å². The zero-order valence-electron chi connectivity index (χ0n) is 14.8. The van der Waals surface area contributed by atoms with Crippen LogP contribution in [0.25, 0.3) is 11.2 Å². The number of imidazole rings is 1. The van der Waals surface area contributed by atoms with Crippen LogP contribution in [0, 0.1) is 0 Å². The van der Waals surface area contributed by atoms with E-state index in [0.717, 1.165) is 0 Å². The van der Waals surface area contributed by atoms with Gasteiger partial charge < -0.3 is 25.1 Å². The fourth-order valence-corrected chi connectivity index (χ4v) is 3.61. The van der Waals surface area contributed by atoms with Gasteiger partial charge in [0.05, 0.1) is 26.9 Å².